The van der Waals surface area contributed by atoms with Crippen molar-refractivity contribution < 1.29 is 14.6 Å². The topological polar surface area (TPSA) is 49.8 Å². The second-order valence-electron chi connectivity index (χ2n) is 11.5. The highest BCUT2D eigenvalue weighted by Gasteiger charge is 2.49. The van der Waals surface area contributed by atoms with Crippen molar-refractivity contribution in [1.29, 1.82) is 0 Å². The largest absolute Gasteiger partial charge is 0.448 e. The van der Waals surface area contributed by atoms with Crippen LogP contribution in [0.25, 0.3) is 11.1 Å². The van der Waals surface area contributed by atoms with E-state index < -0.39 is 5.60 Å². The molecule has 4 heteroatoms. The number of piperidine rings is 1. The van der Waals surface area contributed by atoms with Gasteiger partial charge < -0.3 is 14.7 Å². The van der Waals surface area contributed by atoms with Crippen molar-refractivity contribution in [2.24, 2.45) is 0 Å². The van der Waals surface area contributed by atoms with Gasteiger partial charge >= 0.3 is 6.09 Å². The number of carbonyl (C=O) groups excluding carboxylic acids is 1. The third-order valence-corrected chi connectivity index (χ3v) is 8.95. The Balaban J connectivity index is 1.10. The van der Waals surface area contributed by atoms with Crippen molar-refractivity contribution in [1.82, 2.24) is 4.90 Å². The zero-order valence-corrected chi connectivity index (χ0v) is 22.2. The molecule has 2 unspecified atom stereocenters. The molecule has 0 saturated carbocycles. The Kier molecular flexibility index (Phi) is 8.34. The fourth-order valence-corrected chi connectivity index (χ4v) is 7.12. The molecule has 2 fully saturated rings. The molecule has 1 aliphatic carbocycles. The number of nitrogens with zero attached hydrogens (tertiary/aromatic N) is 1. The third kappa shape index (κ3) is 5.80. The van der Waals surface area contributed by atoms with E-state index in [0.717, 1.165) is 32.1 Å². The Labute approximate surface area is 222 Å². The molecule has 2 aliphatic heterocycles. The van der Waals surface area contributed by atoms with Gasteiger partial charge in [0, 0.05) is 18.0 Å². The molecule has 5 rings (SSSR count). The summed E-state index contributed by atoms with van der Waals surface area (Å²) in [5.74, 6) is 0.0812. The molecule has 0 aromatic heterocycles. The van der Waals surface area contributed by atoms with Gasteiger partial charge in [-0.25, -0.2) is 4.79 Å². The average Bonchev–Trinajstić information content (AvgIpc) is 3.38. The molecule has 2 atom stereocenters. The average molecular weight is 502 g/mol. The smallest absolute Gasteiger partial charge is 0.410 e. The Morgan fingerprint density at radius 2 is 1.43 bits per heavy atom. The molecule has 2 bridgehead atoms. The lowest BCUT2D eigenvalue weighted by atomic mass is 9.82. The van der Waals surface area contributed by atoms with Gasteiger partial charge in [-0.05, 0) is 67.2 Å². The number of amides is 1. The predicted octanol–water partition coefficient (Wildman–Crippen LogP) is 7.99. The SMILES string of the molecule is C=CCCCCCCCCCC1(O)CC2CCC(C1)N2C(=O)OCC1c2ccccc2-c2ccccc21. The number of hydrogen-bond acceptors (Lipinski definition) is 3. The fourth-order valence-electron chi connectivity index (χ4n) is 7.12. The molecule has 0 radical (unpaired) electrons. The zero-order valence-electron chi connectivity index (χ0n) is 22.2. The van der Waals surface area contributed by atoms with E-state index >= 15 is 0 Å². The Morgan fingerprint density at radius 1 is 0.892 bits per heavy atom. The second-order valence-corrected chi connectivity index (χ2v) is 11.5. The van der Waals surface area contributed by atoms with E-state index in [4.69, 9.17) is 4.74 Å². The lowest BCUT2D eigenvalue weighted by Gasteiger charge is -2.43. The van der Waals surface area contributed by atoms with E-state index in [1.54, 1.807) is 0 Å². The van der Waals surface area contributed by atoms with Crippen molar-refractivity contribution in [2.45, 2.75) is 107 Å². The lowest BCUT2D eigenvalue weighted by Crippen LogP contribution is -2.53. The van der Waals surface area contributed by atoms with Gasteiger partial charge in [-0.2, -0.15) is 0 Å². The number of unbranched alkanes of at least 4 members (excludes halogenated alkanes) is 7. The maximum atomic E-state index is 13.3. The normalized spacial score (nSPS) is 24.1. The Bertz CT molecular complexity index is 1020. The summed E-state index contributed by atoms with van der Waals surface area (Å²) in [4.78, 5) is 15.3. The van der Waals surface area contributed by atoms with Crippen LogP contribution in [0, 0.1) is 0 Å². The monoisotopic (exact) mass is 501 g/mol. The minimum atomic E-state index is -0.629. The number of rotatable bonds is 12. The van der Waals surface area contributed by atoms with E-state index in [2.05, 4.69) is 55.1 Å². The van der Waals surface area contributed by atoms with Gasteiger partial charge in [-0.15, -0.1) is 6.58 Å². The van der Waals surface area contributed by atoms with Gasteiger partial charge in [0.1, 0.15) is 6.61 Å². The molecule has 3 aliphatic rings. The number of allylic oxidation sites excluding steroid dienone is 1. The number of aliphatic hydroxyl groups is 1. The quantitative estimate of drug-likeness (QED) is 0.237. The highest BCUT2D eigenvalue weighted by atomic mass is 16.6. The van der Waals surface area contributed by atoms with Crippen LogP contribution in [0.5, 0.6) is 0 Å². The van der Waals surface area contributed by atoms with Crippen molar-refractivity contribution in [2.75, 3.05) is 6.61 Å². The van der Waals surface area contributed by atoms with Crippen LogP contribution in [0.3, 0.4) is 0 Å². The maximum Gasteiger partial charge on any atom is 0.410 e. The van der Waals surface area contributed by atoms with Crippen molar-refractivity contribution >= 4 is 6.09 Å². The van der Waals surface area contributed by atoms with Crippen molar-refractivity contribution in [3.8, 4) is 11.1 Å². The highest BCUT2D eigenvalue weighted by molar-refractivity contribution is 5.79. The number of ether oxygens (including phenoxy) is 1. The first-order valence-corrected chi connectivity index (χ1v) is 14.6. The van der Waals surface area contributed by atoms with Gasteiger partial charge in [0.25, 0.3) is 0 Å². The standard InChI is InChI=1S/C33H43NO3/c1-2-3-4-5-6-7-8-9-14-21-33(36)22-25-19-20-26(23-33)34(25)32(35)37-24-31-29-17-12-10-15-27(29)28-16-11-13-18-30(28)31/h2,10-13,15-18,25-26,31,36H,1,3-9,14,19-24H2. The molecular formula is C33H43NO3. The lowest BCUT2D eigenvalue weighted by molar-refractivity contribution is -0.0548. The molecule has 1 amide bonds. The first-order valence-electron chi connectivity index (χ1n) is 14.6. The van der Waals surface area contributed by atoms with Crippen LogP contribution < -0.4 is 0 Å². The van der Waals surface area contributed by atoms with E-state index in [1.807, 2.05) is 11.0 Å². The summed E-state index contributed by atoms with van der Waals surface area (Å²) < 4.78 is 5.99. The van der Waals surface area contributed by atoms with Crippen LogP contribution in [0.2, 0.25) is 0 Å². The number of hydrogen-bond donors (Lipinski definition) is 1. The van der Waals surface area contributed by atoms with Gasteiger partial charge in [0.05, 0.1) is 5.60 Å². The first-order chi connectivity index (χ1) is 18.1. The summed E-state index contributed by atoms with van der Waals surface area (Å²) in [7, 11) is 0. The van der Waals surface area contributed by atoms with Gasteiger partial charge in [0.15, 0.2) is 0 Å². The molecule has 2 aromatic carbocycles. The molecule has 4 nitrogen and oxygen atoms in total. The molecule has 2 heterocycles. The molecule has 0 spiro atoms. The van der Waals surface area contributed by atoms with E-state index in [-0.39, 0.29) is 24.1 Å². The van der Waals surface area contributed by atoms with Crippen LogP contribution in [-0.2, 0) is 4.74 Å². The van der Waals surface area contributed by atoms with E-state index in [9.17, 15) is 9.90 Å². The summed E-state index contributed by atoms with van der Waals surface area (Å²) >= 11 is 0. The van der Waals surface area contributed by atoms with Crippen molar-refractivity contribution in [3.05, 3.63) is 72.3 Å². The van der Waals surface area contributed by atoms with Crippen LogP contribution in [0.1, 0.15) is 101 Å². The van der Waals surface area contributed by atoms with Crippen LogP contribution >= 0.6 is 0 Å². The highest BCUT2D eigenvalue weighted by Crippen LogP contribution is 2.46. The van der Waals surface area contributed by atoms with Crippen LogP contribution in [0.15, 0.2) is 61.2 Å². The summed E-state index contributed by atoms with van der Waals surface area (Å²) in [6, 6.07) is 17.1. The molecule has 1 N–H and O–H groups in total. The van der Waals surface area contributed by atoms with Crippen LogP contribution in [0.4, 0.5) is 4.79 Å². The molecular weight excluding hydrogens is 458 g/mol. The maximum absolute atomic E-state index is 13.3. The number of benzene rings is 2. The third-order valence-electron chi connectivity index (χ3n) is 8.95. The van der Waals surface area contributed by atoms with Crippen molar-refractivity contribution in [3.63, 3.8) is 0 Å². The van der Waals surface area contributed by atoms with Gasteiger partial charge in [0.2, 0.25) is 0 Å². The number of fused-ring (bicyclic) bond motifs is 5. The summed E-state index contributed by atoms with van der Waals surface area (Å²) in [5, 5.41) is 11.4. The zero-order chi connectivity index (χ0) is 25.7. The summed E-state index contributed by atoms with van der Waals surface area (Å²) in [6.45, 7) is 4.15. The van der Waals surface area contributed by atoms with E-state index in [1.165, 1.54) is 60.8 Å². The minimum absolute atomic E-state index is 0.0812. The summed E-state index contributed by atoms with van der Waals surface area (Å²) in [5.41, 5.74) is 4.34. The molecule has 2 aromatic rings. The molecule has 2 saturated heterocycles. The van der Waals surface area contributed by atoms with Gasteiger partial charge in [-0.3, -0.25) is 0 Å². The predicted molar refractivity (Wildman–Crippen MR) is 150 cm³/mol. The molecule has 37 heavy (non-hydrogen) atoms. The molecule has 198 valence electrons. The van der Waals surface area contributed by atoms with E-state index in [0.29, 0.717) is 19.4 Å². The second kappa shape index (κ2) is 11.9. The Morgan fingerprint density at radius 3 is 2.03 bits per heavy atom. The minimum Gasteiger partial charge on any atom is -0.448 e. The summed E-state index contributed by atoms with van der Waals surface area (Å²) in [6.07, 6.45) is 15.8. The first kappa shape index (κ1) is 26.0. The fraction of sp³-hybridized carbons (Fsp3) is 0.545. The Hall–Kier alpha value is -2.59. The van der Waals surface area contributed by atoms with Gasteiger partial charge in [-0.1, -0.05) is 93.1 Å². The number of carbonyl (C=O) groups is 1. The van der Waals surface area contributed by atoms with Crippen LogP contribution in [-0.4, -0.2) is 40.4 Å².